The van der Waals surface area contributed by atoms with Crippen molar-refractivity contribution in [3.63, 3.8) is 0 Å². The van der Waals surface area contributed by atoms with Gasteiger partial charge in [0.2, 0.25) is 5.91 Å². The molecule has 10 heteroatoms. The monoisotopic (exact) mass is 428 g/mol. The van der Waals surface area contributed by atoms with Gasteiger partial charge >= 0.3 is 0 Å². The minimum atomic E-state index is -0.891. The first-order valence-corrected chi connectivity index (χ1v) is 9.91. The van der Waals surface area contributed by atoms with Crippen molar-refractivity contribution in [1.82, 2.24) is 19.9 Å². The number of hydrogen-bond donors (Lipinski definition) is 4. The van der Waals surface area contributed by atoms with Crippen LogP contribution in [0.15, 0.2) is 36.0 Å². The number of hydrogen-bond acceptors (Lipinski definition) is 6. The maximum Gasteiger partial charge on any atom is 0.249 e. The smallest absolute Gasteiger partial charge is 0.249 e. The van der Waals surface area contributed by atoms with Crippen LogP contribution in [0.1, 0.15) is 24.8 Å². The van der Waals surface area contributed by atoms with E-state index in [0.29, 0.717) is 34.3 Å². The molecule has 3 heterocycles. The van der Waals surface area contributed by atoms with Gasteiger partial charge in [-0.05, 0) is 31.1 Å². The molecule has 0 radical (unpaired) electrons. The molecule has 1 atom stereocenters. The molecule has 5 rings (SSSR count). The molecule has 1 amide bonds. The molecular formula is C20H18ClFN6O2. The van der Waals surface area contributed by atoms with Crippen LogP contribution in [-0.2, 0) is 4.79 Å². The van der Waals surface area contributed by atoms with Crippen LogP contribution in [0.2, 0.25) is 5.02 Å². The standard InChI is InChI=1S/C20H18ClFN6O2/c21-18-13(22)2-1-3-14(18)25-15-8-16(24-12-4-5-12)28-19(26-15)11(9-23-28)6-10-7-17(29)27-20(10)30/h1-3,6,8-9,12,17,24,29H,4-5,7H2,(H,25,26)(H,27,30)/b10-6+. The number of rotatable bonds is 5. The summed E-state index contributed by atoms with van der Waals surface area (Å²) < 4.78 is 15.5. The molecule has 4 N–H and O–H groups in total. The highest BCUT2D eigenvalue weighted by Crippen LogP contribution is 2.31. The van der Waals surface area contributed by atoms with Crippen molar-refractivity contribution in [2.45, 2.75) is 31.5 Å². The molecule has 30 heavy (non-hydrogen) atoms. The molecule has 1 aliphatic heterocycles. The molecule has 0 bridgehead atoms. The molecule has 2 aromatic heterocycles. The predicted molar refractivity (Wildman–Crippen MR) is 111 cm³/mol. The molecule has 1 unspecified atom stereocenters. The van der Waals surface area contributed by atoms with E-state index >= 15 is 0 Å². The van der Waals surface area contributed by atoms with Gasteiger partial charge in [0, 0.05) is 29.7 Å². The molecule has 154 valence electrons. The van der Waals surface area contributed by atoms with Gasteiger partial charge in [0.1, 0.15) is 23.7 Å². The molecule has 1 aliphatic carbocycles. The number of aliphatic hydroxyl groups is 1. The average Bonchev–Trinajstić information content (AvgIpc) is 3.34. The van der Waals surface area contributed by atoms with Gasteiger partial charge in [-0.2, -0.15) is 9.61 Å². The quantitative estimate of drug-likeness (QED) is 0.466. The molecule has 3 aromatic rings. The average molecular weight is 429 g/mol. The summed E-state index contributed by atoms with van der Waals surface area (Å²) in [6, 6.07) is 6.65. The van der Waals surface area contributed by atoms with E-state index in [2.05, 4.69) is 26.0 Å². The van der Waals surface area contributed by atoms with E-state index in [1.165, 1.54) is 6.07 Å². The Kier molecular flexibility index (Phi) is 4.56. The van der Waals surface area contributed by atoms with Crippen LogP contribution in [-0.4, -0.2) is 37.9 Å². The zero-order valence-electron chi connectivity index (χ0n) is 15.7. The van der Waals surface area contributed by atoms with Gasteiger partial charge in [-0.25, -0.2) is 9.37 Å². The van der Waals surface area contributed by atoms with Crippen LogP contribution in [0.3, 0.4) is 0 Å². The van der Waals surface area contributed by atoms with E-state index in [4.69, 9.17) is 11.6 Å². The Balaban J connectivity index is 1.58. The second-order valence-electron chi connectivity index (χ2n) is 7.37. The van der Waals surface area contributed by atoms with Crippen LogP contribution in [0.25, 0.3) is 11.7 Å². The van der Waals surface area contributed by atoms with E-state index in [1.54, 1.807) is 35.0 Å². The maximum absolute atomic E-state index is 13.8. The van der Waals surface area contributed by atoms with Crippen LogP contribution in [0.4, 0.5) is 21.7 Å². The summed E-state index contributed by atoms with van der Waals surface area (Å²) in [5.74, 6) is 0.325. The number of anilines is 3. The van der Waals surface area contributed by atoms with E-state index in [-0.39, 0.29) is 17.4 Å². The number of amides is 1. The number of fused-ring (bicyclic) bond motifs is 1. The second kappa shape index (κ2) is 7.26. The minimum absolute atomic E-state index is 0.0247. The lowest BCUT2D eigenvalue weighted by molar-refractivity contribution is -0.117. The van der Waals surface area contributed by atoms with Gasteiger partial charge in [0.05, 0.1) is 16.9 Å². The highest BCUT2D eigenvalue weighted by Gasteiger charge is 2.26. The summed E-state index contributed by atoms with van der Waals surface area (Å²) >= 11 is 6.07. The molecule has 1 aromatic carbocycles. The van der Waals surface area contributed by atoms with Crippen molar-refractivity contribution in [3.05, 3.63) is 52.4 Å². The predicted octanol–water partition coefficient (Wildman–Crippen LogP) is 3.06. The Bertz CT molecular complexity index is 1190. The number of halogens is 2. The first kappa shape index (κ1) is 18.8. The maximum atomic E-state index is 13.8. The van der Waals surface area contributed by atoms with E-state index in [1.807, 2.05) is 0 Å². The van der Waals surface area contributed by atoms with Gasteiger partial charge in [-0.3, -0.25) is 4.79 Å². The molecule has 8 nitrogen and oxygen atoms in total. The Morgan fingerprint density at radius 3 is 2.93 bits per heavy atom. The van der Waals surface area contributed by atoms with E-state index in [0.717, 1.165) is 18.7 Å². The van der Waals surface area contributed by atoms with Crippen molar-refractivity contribution in [1.29, 1.82) is 0 Å². The summed E-state index contributed by atoms with van der Waals surface area (Å²) in [6.07, 6.45) is 4.74. The lowest BCUT2D eigenvalue weighted by atomic mass is 10.1. The SMILES string of the molecule is O=C1NC(O)C/C1=C\c1cnn2c(NC3CC3)cc(Nc3cccc(F)c3Cl)nc12. The molecule has 1 saturated heterocycles. The van der Waals surface area contributed by atoms with Gasteiger partial charge in [-0.1, -0.05) is 17.7 Å². The lowest BCUT2D eigenvalue weighted by Crippen LogP contribution is -2.24. The third kappa shape index (κ3) is 3.57. The van der Waals surface area contributed by atoms with Crippen molar-refractivity contribution in [2.24, 2.45) is 0 Å². The van der Waals surface area contributed by atoms with Gasteiger partial charge in [0.25, 0.3) is 0 Å². The first-order valence-electron chi connectivity index (χ1n) is 9.54. The highest BCUT2D eigenvalue weighted by atomic mass is 35.5. The Hall–Kier alpha value is -3.17. The summed E-state index contributed by atoms with van der Waals surface area (Å²) in [7, 11) is 0. The first-order chi connectivity index (χ1) is 14.5. The Morgan fingerprint density at radius 2 is 2.20 bits per heavy atom. The van der Waals surface area contributed by atoms with E-state index < -0.39 is 12.0 Å². The van der Waals surface area contributed by atoms with Crippen LogP contribution < -0.4 is 16.0 Å². The molecule has 2 fully saturated rings. The normalized spacial score (nSPS) is 20.0. The number of benzene rings is 1. The number of aromatic nitrogens is 3. The van der Waals surface area contributed by atoms with Gasteiger partial charge in [-0.15, -0.1) is 0 Å². The summed E-state index contributed by atoms with van der Waals surface area (Å²) in [4.78, 5) is 16.6. The van der Waals surface area contributed by atoms with Crippen molar-refractivity contribution in [2.75, 3.05) is 10.6 Å². The largest absolute Gasteiger partial charge is 0.373 e. The van der Waals surface area contributed by atoms with Crippen LogP contribution >= 0.6 is 11.6 Å². The fourth-order valence-electron chi connectivity index (χ4n) is 3.33. The summed E-state index contributed by atoms with van der Waals surface area (Å²) in [5.41, 5.74) is 1.98. The lowest BCUT2D eigenvalue weighted by Gasteiger charge is -2.12. The summed E-state index contributed by atoms with van der Waals surface area (Å²) in [6.45, 7) is 0. The highest BCUT2D eigenvalue weighted by molar-refractivity contribution is 6.33. The van der Waals surface area contributed by atoms with Crippen molar-refractivity contribution < 1.29 is 14.3 Å². The second-order valence-corrected chi connectivity index (χ2v) is 7.75. The molecule has 2 aliphatic rings. The number of carbonyl (C=O) groups is 1. The topological polar surface area (TPSA) is 104 Å². The molecule has 0 spiro atoms. The number of nitrogens with zero attached hydrogens (tertiary/aromatic N) is 3. The number of nitrogens with one attached hydrogen (secondary N) is 3. The minimum Gasteiger partial charge on any atom is -0.373 e. The fourth-order valence-corrected chi connectivity index (χ4v) is 3.51. The third-order valence-corrected chi connectivity index (χ3v) is 5.36. The molecule has 1 saturated carbocycles. The van der Waals surface area contributed by atoms with Gasteiger partial charge < -0.3 is 21.1 Å². The number of carbonyl (C=O) groups excluding carboxylic acids is 1. The van der Waals surface area contributed by atoms with E-state index in [9.17, 15) is 14.3 Å². The molecular weight excluding hydrogens is 411 g/mol. The number of aliphatic hydroxyl groups excluding tert-OH is 1. The fraction of sp³-hybridized carbons (Fsp3) is 0.250. The third-order valence-electron chi connectivity index (χ3n) is 4.98. The Morgan fingerprint density at radius 1 is 1.37 bits per heavy atom. The van der Waals surface area contributed by atoms with Crippen LogP contribution in [0.5, 0.6) is 0 Å². The zero-order chi connectivity index (χ0) is 20.8. The van der Waals surface area contributed by atoms with Crippen molar-refractivity contribution in [3.8, 4) is 0 Å². The zero-order valence-corrected chi connectivity index (χ0v) is 16.4. The van der Waals surface area contributed by atoms with Gasteiger partial charge in [0.15, 0.2) is 5.65 Å². The van der Waals surface area contributed by atoms with Crippen LogP contribution in [0, 0.1) is 5.82 Å². The summed E-state index contributed by atoms with van der Waals surface area (Å²) in [5, 5.41) is 22.9. The Labute approximate surface area is 175 Å². The van der Waals surface area contributed by atoms with Crippen molar-refractivity contribution >= 4 is 46.6 Å².